The summed E-state index contributed by atoms with van der Waals surface area (Å²) in [4.78, 5) is 27.8. The predicted molar refractivity (Wildman–Crippen MR) is 97.8 cm³/mol. The van der Waals surface area contributed by atoms with E-state index in [1.807, 2.05) is 48.7 Å². The lowest BCUT2D eigenvalue weighted by Gasteiger charge is -2.00. The van der Waals surface area contributed by atoms with Crippen LogP contribution in [0.2, 0.25) is 0 Å². The van der Waals surface area contributed by atoms with E-state index >= 15 is 0 Å². The van der Waals surface area contributed by atoms with Crippen molar-refractivity contribution in [2.75, 3.05) is 0 Å². The van der Waals surface area contributed by atoms with Crippen LogP contribution in [0.15, 0.2) is 52.8 Å². The van der Waals surface area contributed by atoms with Gasteiger partial charge in [-0.3, -0.25) is 4.79 Å². The van der Waals surface area contributed by atoms with Crippen molar-refractivity contribution in [1.82, 2.24) is 19.9 Å². The average molecular weight is 334 g/mol. The van der Waals surface area contributed by atoms with Crippen LogP contribution < -0.4 is 5.56 Å². The Balaban J connectivity index is 1.69. The van der Waals surface area contributed by atoms with Crippen molar-refractivity contribution >= 4 is 33.2 Å². The number of aromatic nitrogens is 4. The van der Waals surface area contributed by atoms with Gasteiger partial charge in [0.1, 0.15) is 16.5 Å². The van der Waals surface area contributed by atoms with Crippen LogP contribution in [0.25, 0.3) is 33.3 Å². The van der Waals surface area contributed by atoms with Crippen molar-refractivity contribution in [1.29, 1.82) is 0 Å². The number of allylic oxidation sites excluding steroid dienone is 1. The van der Waals surface area contributed by atoms with Crippen molar-refractivity contribution in [3.63, 3.8) is 0 Å². The van der Waals surface area contributed by atoms with Crippen molar-refractivity contribution in [2.45, 2.75) is 6.92 Å². The fraction of sp³-hybridized carbons (Fsp3) is 0.0556. The Labute approximate surface area is 141 Å². The van der Waals surface area contributed by atoms with Gasteiger partial charge >= 0.3 is 0 Å². The van der Waals surface area contributed by atoms with E-state index in [2.05, 4.69) is 19.9 Å². The number of benzene rings is 1. The zero-order valence-corrected chi connectivity index (χ0v) is 13.7. The molecule has 3 aromatic heterocycles. The molecule has 3 heterocycles. The second kappa shape index (κ2) is 5.90. The summed E-state index contributed by atoms with van der Waals surface area (Å²) in [6.07, 6.45) is 3.70. The third-order valence-corrected chi connectivity index (χ3v) is 4.53. The summed E-state index contributed by atoms with van der Waals surface area (Å²) in [5, 5.41) is 2.50. The van der Waals surface area contributed by atoms with Gasteiger partial charge in [-0.2, -0.15) is 0 Å². The molecule has 1 aromatic carbocycles. The molecule has 0 fully saturated rings. The fourth-order valence-electron chi connectivity index (χ4n) is 2.50. The van der Waals surface area contributed by atoms with Gasteiger partial charge in [0.15, 0.2) is 0 Å². The molecule has 0 atom stereocenters. The third kappa shape index (κ3) is 2.68. The van der Waals surface area contributed by atoms with Crippen LogP contribution in [0.5, 0.6) is 0 Å². The Morgan fingerprint density at radius 2 is 2.00 bits per heavy atom. The molecule has 24 heavy (non-hydrogen) atoms. The summed E-state index contributed by atoms with van der Waals surface area (Å²) in [5.74, 6) is 1.38. The summed E-state index contributed by atoms with van der Waals surface area (Å²) < 4.78 is 0. The van der Waals surface area contributed by atoms with Gasteiger partial charge in [-0.25, -0.2) is 9.97 Å². The van der Waals surface area contributed by atoms with E-state index in [0.29, 0.717) is 11.2 Å². The highest BCUT2D eigenvalue weighted by Crippen LogP contribution is 2.20. The van der Waals surface area contributed by atoms with E-state index in [1.165, 1.54) is 11.3 Å². The lowest BCUT2D eigenvalue weighted by molar-refractivity contribution is 1.13. The minimum absolute atomic E-state index is 0.112. The van der Waals surface area contributed by atoms with E-state index in [1.54, 1.807) is 12.3 Å². The molecule has 4 rings (SSSR count). The molecule has 0 saturated carbocycles. The number of nitrogens with zero attached hydrogens (tertiary/aromatic N) is 2. The molecule has 0 aliphatic rings. The van der Waals surface area contributed by atoms with Gasteiger partial charge in [0, 0.05) is 5.56 Å². The summed E-state index contributed by atoms with van der Waals surface area (Å²) in [6.45, 7) is 1.92. The van der Waals surface area contributed by atoms with Crippen molar-refractivity contribution < 1.29 is 0 Å². The Morgan fingerprint density at radius 1 is 1.17 bits per heavy atom. The first-order chi connectivity index (χ1) is 11.7. The predicted octanol–water partition coefficient (Wildman–Crippen LogP) is 3.94. The number of hydrogen-bond acceptors (Lipinski definition) is 4. The summed E-state index contributed by atoms with van der Waals surface area (Å²) >= 11 is 1.46. The van der Waals surface area contributed by atoms with Gasteiger partial charge in [-0.1, -0.05) is 30.3 Å². The fourth-order valence-corrected chi connectivity index (χ4v) is 3.27. The Morgan fingerprint density at radius 3 is 2.83 bits per heavy atom. The second-order valence-electron chi connectivity index (χ2n) is 5.43. The molecule has 0 spiro atoms. The van der Waals surface area contributed by atoms with E-state index in [4.69, 9.17) is 0 Å². The lowest BCUT2D eigenvalue weighted by atomic mass is 10.2. The van der Waals surface area contributed by atoms with Crippen molar-refractivity contribution in [2.24, 2.45) is 0 Å². The first-order valence-corrected chi connectivity index (χ1v) is 8.35. The van der Waals surface area contributed by atoms with E-state index < -0.39 is 0 Å². The van der Waals surface area contributed by atoms with Gasteiger partial charge < -0.3 is 9.97 Å². The molecule has 4 aromatic rings. The van der Waals surface area contributed by atoms with Gasteiger partial charge in [-0.15, -0.1) is 11.3 Å². The van der Waals surface area contributed by atoms with Crippen LogP contribution in [0.1, 0.15) is 18.4 Å². The summed E-state index contributed by atoms with van der Waals surface area (Å²) in [5.41, 5.74) is 2.64. The molecular weight excluding hydrogens is 320 g/mol. The highest BCUT2D eigenvalue weighted by molar-refractivity contribution is 7.16. The third-order valence-electron chi connectivity index (χ3n) is 3.72. The molecular formula is C18H14N4OS. The second-order valence-corrected chi connectivity index (χ2v) is 6.33. The highest BCUT2D eigenvalue weighted by Gasteiger charge is 2.07. The average Bonchev–Trinajstić information content (AvgIpc) is 3.25. The number of nitrogens with one attached hydrogen (secondary N) is 2. The van der Waals surface area contributed by atoms with Crippen LogP contribution in [-0.2, 0) is 0 Å². The van der Waals surface area contributed by atoms with Gasteiger partial charge in [-0.05, 0) is 30.0 Å². The standard InChI is InChI=1S/C18H14N4OS/c1-11(15-21-17(23)14-7-8-24-18(14)22-15)9-13-10-19-16(20-13)12-5-3-2-4-6-12/h2-10H,1H3,(H,19,20)(H,21,22,23)/b11-9-. The number of fused-ring (bicyclic) bond motifs is 1. The molecule has 2 N–H and O–H groups in total. The van der Waals surface area contributed by atoms with E-state index in [9.17, 15) is 4.79 Å². The van der Waals surface area contributed by atoms with Crippen LogP contribution in [0.3, 0.4) is 0 Å². The van der Waals surface area contributed by atoms with Crippen LogP contribution in [-0.4, -0.2) is 19.9 Å². The first-order valence-electron chi connectivity index (χ1n) is 7.47. The van der Waals surface area contributed by atoms with Crippen molar-refractivity contribution in [3.8, 4) is 11.4 Å². The smallest absolute Gasteiger partial charge is 0.259 e. The molecule has 118 valence electrons. The van der Waals surface area contributed by atoms with Gasteiger partial charge in [0.2, 0.25) is 0 Å². The quantitative estimate of drug-likeness (QED) is 0.596. The van der Waals surface area contributed by atoms with Crippen LogP contribution in [0.4, 0.5) is 0 Å². The summed E-state index contributed by atoms with van der Waals surface area (Å²) in [7, 11) is 0. The number of H-pyrrole nitrogens is 2. The summed E-state index contributed by atoms with van der Waals surface area (Å²) in [6, 6.07) is 11.7. The van der Waals surface area contributed by atoms with Crippen LogP contribution in [0, 0.1) is 0 Å². The largest absolute Gasteiger partial charge is 0.338 e. The number of hydrogen-bond donors (Lipinski definition) is 2. The minimum Gasteiger partial charge on any atom is -0.338 e. The van der Waals surface area contributed by atoms with Gasteiger partial charge in [0.25, 0.3) is 5.56 Å². The number of imidazole rings is 1. The first kappa shape index (κ1) is 14.6. The SMILES string of the molecule is C/C(=C/c1cnc(-c2ccccc2)[nH]1)c1nc2sccc2c(=O)[nH]1. The van der Waals surface area contributed by atoms with Gasteiger partial charge in [0.05, 0.1) is 17.3 Å². The molecule has 6 heteroatoms. The van der Waals surface area contributed by atoms with E-state index in [-0.39, 0.29) is 5.56 Å². The zero-order chi connectivity index (χ0) is 16.5. The van der Waals surface area contributed by atoms with E-state index in [0.717, 1.165) is 27.5 Å². The molecule has 0 radical (unpaired) electrons. The number of thiophene rings is 1. The molecule has 0 aliphatic heterocycles. The molecule has 0 unspecified atom stereocenters. The molecule has 0 amide bonds. The zero-order valence-electron chi connectivity index (χ0n) is 12.9. The Bertz CT molecular complexity index is 1090. The Kier molecular flexibility index (Phi) is 3.59. The maximum Gasteiger partial charge on any atom is 0.259 e. The van der Waals surface area contributed by atoms with Crippen LogP contribution >= 0.6 is 11.3 Å². The highest BCUT2D eigenvalue weighted by atomic mass is 32.1. The molecule has 0 saturated heterocycles. The molecule has 5 nitrogen and oxygen atoms in total. The minimum atomic E-state index is -0.112. The maximum atomic E-state index is 12.1. The Hall–Kier alpha value is -2.99. The lowest BCUT2D eigenvalue weighted by Crippen LogP contribution is -2.09. The normalized spacial score (nSPS) is 12.0. The molecule has 0 bridgehead atoms. The maximum absolute atomic E-state index is 12.1. The number of aromatic amines is 2. The monoisotopic (exact) mass is 334 g/mol. The topological polar surface area (TPSA) is 74.4 Å². The number of rotatable bonds is 3. The van der Waals surface area contributed by atoms with Crippen molar-refractivity contribution in [3.05, 3.63) is 69.8 Å². The molecule has 0 aliphatic carbocycles.